The first kappa shape index (κ1) is 15.9. The SMILES string of the molecule is COc1ccccc1-n1cnnc1SCC(=O)N1CCCCC1. The Hall–Kier alpha value is -2.02. The van der Waals surface area contributed by atoms with Crippen molar-refractivity contribution in [2.45, 2.75) is 24.4 Å². The molecular weight excluding hydrogens is 312 g/mol. The maximum atomic E-state index is 12.3. The highest BCUT2D eigenvalue weighted by Gasteiger charge is 2.18. The molecule has 0 spiro atoms. The largest absolute Gasteiger partial charge is 0.495 e. The van der Waals surface area contributed by atoms with Gasteiger partial charge in [0.25, 0.3) is 0 Å². The van der Waals surface area contributed by atoms with Gasteiger partial charge in [-0.05, 0) is 31.4 Å². The first-order valence-electron chi connectivity index (χ1n) is 7.73. The van der Waals surface area contributed by atoms with E-state index in [2.05, 4.69) is 10.2 Å². The van der Waals surface area contributed by atoms with E-state index >= 15 is 0 Å². The summed E-state index contributed by atoms with van der Waals surface area (Å²) in [6.07, 6.45) is 5.08. The molecule has 0 atom stereocenters. The number of methoxy groups -OCH3 is 1. The number of amides is 1. The number of carbonyl (C=O) groups excluding carboxylic acids is 1. The maximum absolute atomic E-state index is 12.3. The van der Waals surface area contributed by atoms with Crippen LogP contribution in [0, 0.1) is 0 Å². The second-order valence-corrected chi connectivity index (χ2v) is 6.33. The van der Waals surface area contributed by atoms with Crippen molar-refractivity contribution >= 4 is 17.7 Å². The summed E-state index contributed by atoms with van der Waals surface area (Å²) in [5.74, 6) is 1.30. The van der Waals surface area contributed by atoms with Crippen LogP contribution >= 0.6 is 11.8 Å². The number of rotatable bonds is 5. The molecule has 7 heteroatoms. The lowest BCUT2D eigenvalue weighted by atomic mass is 10.1. The second-order valence-electron chi connectivity index (χ2n) is 5.39. The van der Waals surface area contributed by atoms with Gasteiger partial charge in [-0.1, -0.05) is 23.9 Å². The molecule has 1 aliphatic heterocycles. The third-order valence-corrected chi connectivity index (χ3v) is 4.82. The van der Waals surface area contributed by atoms with E-state index in [1.807, 2.05) is 33.7 Å². The molecule has 0 saturated carbocycles. The van der Waals surface area contributed by atoms with Gasteiger partial charge in [0.1, 0.15) is 12.1 Å². The van der Waals surface area contributed by atoms with Crippen LogP contribution in [0.4, 0.5) is 0 Å². The molecule has 1 fully saturated rings. The van der Waals surface area contributed by atoms with Crippen molar-refractivity contribution in [1.29, 1.82) is 0 Å². The fourth-order valence-electron chi connectivity index (χ4n) is 2.68. The molecule has 0 unspecified atom stereocenters. The van der Waals surface area contributed by atoms with E-state index in [4.69, 9.17) is 4.74 Å². The van der Waals surface area contributed by atoms with Gasteiger partial charge in [0, 0.05) is 13.1 Å². The molecule has 1 aromatic carbocycles. The molecule has 1 saturated heterocycles. The minimum absolute atomic E-state index is 0.171. The summed E-state index contributed by atoms with van der Waals surface area (Å²) in [6, 6.07) is 7.69. The molecule has 1 amide bonds. The number of hydrogen-bond acceptors (Lipinski definition) is 5. The third kappa shape index (κ3) is 3.67. The van der Waals surface area contributed by atoms with Crippen LogP contribution in [0.25, 0.3) is 5.69 Å². The molecule has 122 valence electrons. The van der Waals surface area contributed by atoms with Crippen molar-refractivity contribution in [2.24, 2.45) is 0 Å². The molecule has 23 heavy (non-hydrogen) atoms. The van der Waals surface area contributed by atoms with Gasteiger partial charge in [-0.3, -0.25) is 9.36 Å². The molecule has 6 nitrogen and oxygen atoms in total. The highest BCUT2D eigenvalue weighted by Crippen LogP contribution is 2.26. The smallest absolute Gasteiger partial charge is 0.233 e. The standard InChI is InChI=1S/C16H20N4O2S/c1-22-14-8-4-3-7-13(14)20-12-17-18-16(20)23-11-15(21)19-9-5-2-6-10-19/h3-4,7-8,12H,2,5-6,9-11H2,1H3. The fraction of sp³-hybridized carbons (Fsp3) is 0.438. The first-order valence-corrected chi connectivity index (χ1v) is 8.72. The fourth-order valence-corrected chi connectivity index (χ4v) is 3.50. The van der Waals surface area contributed by atoms with Crippen LogP contribution in [0.5, 0.6) is 5.75 Å². The molecule has 2 heterocycles. The lowest BCUT2D eigenvalue weighted by Crippen LogP contribution is -2.36. The summed E-state index contributed by atoms with van der Waals surface area (Å²) in [6.45, 7) is 1.75. The quantitative estimate of drug-likeness (QED) is 0.787. The highest BCUT2D eigenvalue weighted by molar-refractivity contribution is 7.99. The predicted molar refractivity (Wildman–Crippen MR) is 89.1 cm³/mol. The minimum atomic E-state index is 0.171. The van der Waals surface area contributed by atoms with Crippen molar-refractivity contribution < 1.29 is 9.53 Å². The molecule has 2 aromatic rings. The van der Waals surface area contributed by atoms with Gasteiger partial charge in [-0.15, -0.1) is 10.2 Å². The summed E-state index contributed by atoms with van der Waals surface area (Å²) in [5.41, 5.74) is 0.868. The Morgan fingerprint density at radius 1 is 1.26 bits per heavy atom. The number of aromatic nitrogens is 3. The molecule has 0 aliphatic carbocycles. The van der Waals surface area contributed by atoms with E-state index in [9.17, 15) is 4.79 Å². The molecule has 0 radical (unpaired) electrons. The monoisotopic (exact) mass is 332 g/mol. The number of hydrogen-bond donors (Lipinski definition) is 0. The Kier molecular flexibility index (Phi) is 5.17. The van der Waals surface area contributed by atoms with E-state index in [1.165, 1.54) is 18.2 Å². The summed E-state index contributed by atoms with van der Waals surface area (Å²) in [7, 11) is 1.63. The van der Waals surface area contributed by atoms with Gasteiger partial charge in [-0.25, -0.2) is 0 Å². The second kappa shape index (κ2) is 7.50. The Morgan fingerprint density at radius 2 is 2.04 bits per heavy atom. The van der Waals surface area contributed by atoms with E-state index < -0.39 is 0 Å². The molecule has 0 N–H and O–H groups in total. The van der Waals surface area contributed by atoms with E-state index in [0.717, 1.165) is 37.4 Å². The van der Waals surface area contributed by atoms with Crippen LogP contribution in [0.3, 0.4) is 0 Å². The zero-order chi connectivity index (χ0) is 16.1. The van der Waals surface area contributed by atoms with Gasteiger partial charge in [-0.2, -0.15) is 0 Å². The Bertz CT molecular complexity index is 668. The third-order valence-electron chi connectivity index (χ3n) is 3.89. The number of ether oxygens (including phenoxy) is 1. The zero-order valence-corrected chi connectivity index (χ0v) is 14.0. The van der Waals surface area contributed by atoms with E-state index in [-0.39, 0.29) is 5.91 Å². The number of para-hydroxylation sites is 2. The molecular formula is C16H20N4O2S. The Labute approximate surface area is 139 Å². The van der Waals surface area contributed by atoms with Gasteiger partial charge in [0.2, 0.25) is 5.91 Å². The van der Waals surface area contributed by atoms with Crippen LogP contribution in [0.2, 0.25) is 0 Å². The number of nitrogens with zero attached hydrogens (tertiary/aromatic N) is 4. The average molecular weight is 332 g/mol. The molecule has 1 aliphatic rings. The van der Waals surface area contributed by atoms with Crippen molar-refractivity contribution in [2.75, 3.05) is 26.0 Å². The summed E-state index contributed by atoms with van der Waals surface area (Å²) in [4.78, 5) is 14.2. The maximum Gasteiger partial charge on any atom is 0.233 e. The predicted octanol–water partition coefficient (Wildman–Crippen LogP) is 2.38. The first-order chi connectivity index (χ1) is 11.3. The van der Waals surface area contributed by atoms with Crippen LogP contribution in [0.1, 0.15) is 19.3 Å². The lowest BCUT2D eigenvalue weighted by Gasteiger charge is -2.26. The topological polar surface area (TPSA) is 60.2 Å². The number of benzene rings is 1. The highest BCUT2D eigenvalue weighted by atomic mass is 32.2. The average Bonchev–Trinajstić information content (AvgIpc) is 3.08. The van der Waals surface area contributed by atoms with Gasteiger partial charge in [0.05, 0.1) is 18.6 Å². The zero-order valence-electron chi connectivity index (χ0n) is 13.1. The van der Waals surface area contributed by atoms with Gasteiger partial charge >= 0.3 is 0 Å². The number of carbonyl (C=O) groups is 1. The molecule has 3 rings (SSSR count). The number of likely N-dealkylation sites (tertiary alicyclic amines) is 1. The van der Waals surface area contributed by atoms with Crippen molar-refractivity contribution in [3.05, 3.63) is 30.6 Å². The van der Waals surface area contributed by atoms with Crippen LogP contribution < -0.4 is 4.74 Å². The minimum Gasteiger partial charge on any atom is -0.495 e. The molecule has 1 aromatic heterocycles. The van der Waals surface area contributed by atoms with Crippen LogP contribution in [0.15, 0.2) is 35.7 Å². The van der Waals surface area contributed by atoms with Crippen molar-refractivity contribution in [3.63, 3.8) is 0 Å². The van der Waals surface area contributed by atoms with Gasteiger partial charge < -0.3 is 9.64 Å². The number of piperidine rings is 1. The van der Waals surface area contributed by atoms with Crippen LogP contribution in [-0.2, 0) is 4.79 Å². The lowest BCUT2D eigenvalue weighted by molar-refractivity contribution is -0.129. The van der Waals surface area contributed by atoms with E-state index in [0.29, 0.717) is 10.9 Å². The van der Waals surface area contributed by atoms with Crippen molar-refractivity contribution in [1.82, 2.24) is 19.7 Å². The normalized spacial score (nSPS) is 14.7. The molecule has 0 bridgehead atoms. The van der Waals surface area contributed by atoms with E-state index in [1.54, 1.807) is 13.4 Å². The van der Waals surface area contributed by atoms with Crippen LogP contribution in [-0.4, -0.2) is 51.5 Å². The summed E-state index contributed by atoms with van der Waals surface area (Å²) in [5, 5.41) is 8.81. The Morgan fingerprint density at radius 3 is 2.83 bits per heavy atom. The Balaban J connectivity index is 1.70. The summed E-state index contributed by atoms with van der Waals surface area (Å²) < 4.78 is 7.24. The van der Waals surface area contributed by atoms with Crippen molar-refractivity contribution in [3.8, 4) is 11.4 Å². The number of thioether (sulfide) groups is 1. The summed E-state index contributed by atoms with van der Waals surface area (Å²) >= 11 is 1.41. The van der Waals surface area contributed by atoms with Gasteiger partial charge in [0.15, 0.2) is 5.16 Å².